The fourth-order valence-corrected chi connectivity index (χ4v) is 6.07. The molecule has 5 aliphatic carbocycles. The molecule has 5 rings (SSSR count). The zero-order valence-electron chi connectivity index (χ0n) is 7.49. The molecular weight excluding hydrogens is 186 g/mol. The van der Waals surface area contributed by atoms with E-state index in [1.54, 1.807) is 0 Å². The molecule has 5 aliphatic rings. The molecule has 2 bridgehead atoms. The lowest BCUT2D eigenvalue weighted by molar-refractivity contribution is -0.174. The highest BCUT2D eigenvalue weighted by Crippen LogP contribution is 2.85. The smallest absolute Gasteiger partial charge is 0.255 e. The van der Waals surface area contributed by atoms with Crippen molar-refractivity contribution in [1.29, 1.82) is 0 Å². The van der Waals surface area contributed by atoms with Crippen LogP contribution >= 0.6 is 0 Å². The number of Topliss-reactive ketones (excluding diaryl/α,β-unsaturated/α-hetero) is 1. The molecule has 74 valence electrons. The second kappa shape index (κ2) is 1.48. The van der Waals surface area contributed by atoms with Gasteiger partial charge in [0, 0.05) is 23.7 Å². The summed E-state index contributed by atoms with van der Waals surface area (Å²) in [5.74, 6) is -2.54. The van der Waals surface area contributed by atoms with Gasteiger partial charge in [0.1, 0.15) is 5.78 Å². The number of fused-ring (bicyclic) bond motifs is 2. The Balaban J connectivity index is 1.87. The summed E-state index contributed by atoms with van der Waals surface area (Å²) in [7, 11) is 0. The predicted molar refractivity (Wildman–Crippen MR) is 42.5 cm³/mol. The van der Waals surface area contributed by atoms with Crippen molar-refractivity contribution in [2.24, 2.45) is 47.3 Å². The maximum Gasteiger partial charge on any atom is 0.255 e. The predicted octanol–water partition coefficient (Wildman–Crippen LogP) is 1.58. The summed E-state index contributed by atoms with van der Waals surface area (Å²) < 4.78 is 27.8. The van der Waals surface area contributed by atoms with Crippen molar-refractivity contribution in [2.75, 3.05) is 0 Å². The van der Waals surface area contributed by atoms with E-state index in [4.69, 9.17) is 0 Å². The second-order valence-corrected chi connectivity index (χ2v) is 5.90. The molecule has 0 aliphatic heterocycles. The Morgan fingerprint density at radius 1 is 1.07 bits per heavy atom. The van der Waals surface area contributed by atoms with Crippen molar-refractivity contribution in [3.63, 3.8) is 0 Å². The number of hydrogen-bond acceptors (Lipinski definition) is 1. The first kappa shape index (κ1) is 6.91. The van der Waals surface area contributed by atoms with E-state index in [2.05, 4.69) is 0 Å². The van der Waals surface area contributed by atoms with Crippen LogP contribution in [0.15, 0.2) is 0 Å². The SMILES string of the molecule is O=C1[C@@H]2[C@H]3C[C@@H]4[C@@H]5[C@@H]3[C@H]1[C@H]5C(F)(F)[C@H]42. The van der Waals surface area contributed by atoms with E-state index in [1.807, 2.05) is 0 Å². The van der Waals surface area contributed by atoms with Gasteiger partial charge in [0.2, 0.25) is 0 Å². The number of halogens is 2. The highest BCUT2D eigenvalue weighted by Gasteiger charge is 2.89. The third-order valence-corrected chi connectivity index (χ3v) is 6.05. The number of hydrogen-bond donors (Lipinski definition) is 0. The van der Waals surface area contributed by atoms with Crippen LogP contribution in [0.3, 0.4) is 0 Å². The number of carbonyl (C=O) groups excluding carboxylic acids is 1. The zero-order chi connectivity index (χ0) is 9.40. The Morgan fingerprint density at radius 3 is 2.64 bits per heavy atom. The Kier molecular flexibility index (Phi) is 0.732. The molecule has 1 nitrogen and oxygen atoms in total. The molecule has 0 amide bonds. The van der Waals surface area contributed by atoms with Gasteiger partial charge < -0.3 is 0 Å². The van der Waals surface area contributed by atoms with Gasteiger partial charge in [-0.05, 0) is 30.1 Å². The summed E-state index contributed by atoms with van der Waals surface area (Å²) in [4.78, 5) is 11.9. The molecule has 5 fully saturated rings. The topological polar surface area (TPSA) is 17.1 Å². The van der Waals surface area contributed by atoms with Crippen LogP contribution in [0.5, 0.6) is 0 Å². The lowest BCUT2D eigenvalue weighted by Crippen LogP contribution is -2.53. The lowest BCUT2D eigenvalue weighted by Gasteiger charge is -2.45. The molecule has 0 spiro atoms. The van der Waals surface area contributed by atoms with E-state index in [-0.39, 0.29) is 29.5 Å². The van der Waals surface area contributed by atoms with E-state index in [1.165, 1.54) is 0 Å². The Hall–Kier alpha value is -0.470. The molecule has 0 N–H and O–H groups in total. The fraction of sp³-hybridized carbons (Fsp3) is 0.909. The summed E-state index contributed by atoms with van der Waals surface area (Å²) in [6, 6.07) is 0. The van der Waals surface area contributed by atoms with Gasteiger partial charge in [0.15, 0.2) is 0 Å². The minimum atomic E-state index is -2.49. The van der Waals surface area contributed by atoms with Gasteiger partial charge in [-0.25, -0.2) is 8.78 Å². The highest BCUT2D eigenvalue weighted by atomic mass is 19.3. The quantitative estimate of drug-likeness (QED) is 0.575. The van der Waals surface area contributed by atoms with Gasteiger partial charge in [0.05, 0.1) is 0 Å². The van der Waals surface area contributed by atoms with Gasteiger partial charge in [-0.2, -0.15) is 0 Å². The van der Waals surface area contributed by atoms with Crippen molar-refractivity contribution >= 4 is 5.78 Å². The number of carbonyl (C=O) groups is 1. The fourth-order valence-electron chi connectivity index (χ4n) is 6.07. The summed E-state index contributed by atoms with van der Waals surface area (Å²) in [6.07, 6.45) is 0.943. The standard InChI is InChI=1S/C11H10F2O/c12-11(13)8-3-1-2-4-5(3)9(11)7(4)10(14)6(2)8/h2-9H,1H2/t2-,3+,4+,5+,6+,7-,8+,9-/m0/s1. The summed E-state index contributed by atoms with van der Waals surface area (Å²) >= 11 is 0. The van der Waals surface area contributed by atoms with Gasteiger partial charge in [-0.3, -0.25) is 4.79 Å². The molecule has 0 aromatic rings. The average molecular weight is 196 g/mol. The molecule has 3 heteroatoms. The van der Waals surface area contributed by atoms with Crippen LogP contribution in [0, 0.1) is 47.3 Å². The van der Waals surface area contributed by atoms with Gasteiger partial charge in [-0.15, -0.1) is 0 Å². The molecule has 14 heavy (non-hydrogen) atoms. The number of alkyl halides is 2. The third kappa shape index (κ3) is 0.361. The number of rotatable bonds is 0. The summed E-state index contributed by atoms with van der Waals surface area (Å²) in [5, 5.41) is 0. The van der Waals surface area contributed by atoms with Crippen LogP contribution in [0.4, 0.5) is 8.78 Å². The zero-order valence-corrected chi connectivity index (χ0v) is 7.49. The Bertz CT molecular complexity index is 391. The van der Waals surface area contributed by atoms with Crippen LogP contribution in [-0.4, -0.2) is 11.7 Å². The van der Waals surface area contributed by atoms with Gasteiger partial charge >= 0.3 is 0 Å². The molecule has 0 aromatic heterocycles. The first-order valence-corrected chi connectivity index (χ1v) is 5.55. The molecular formula is C11H10F2O. The second-order valence-electron chi connectivity index (χ2n) is 5.90. The van der Waals surface area contributed by atoms with Crippen LogP contribution in [-0.2, 0) is 4.79 Å². The average Bonchev–Trinajstić information content (AvgIpc) is 2.52. The normalized spacial score (nSPS) is 73.4. The molecule has 0 radical (unpaired) electrons. The minimum absolute atomic E-state index is 0.214. The molecule has 0 heterocycles. The molecule has 0 unspecified atom stereocenters. The maximum atomic E-state index is 13.9. The van der Waals surface area contributed by atoms with Crippen LogP contribution in [0.25, 0.3) is 0 Å². The number of ketones is 1. The van der Waals surface area contributed by atoms with E-state index in [0.717, 1.165) is 6.42 Å². The highest BCUT2D eigenvalue weighted by molar-refractivity contribution is 5.91. The Labute approximate surface area is 79.9 Å². The summed E-state index contributed by atoms with van der Waals surface area (Å²) in [5.41, 5.74) is 0. The monoisotopic (exact) mass is 196 g/mol. The van der Waals surface area contributed by atoms with E-state index in [9.17, 15) is 13.6 Å². The van der Waals surface area contributed by atoms with Crippen molar-refractivity contribution in [2.45, 2.75) is 12.3 Å². The minimum Gasteiger partial charge on any atom is -0.299 e. The largest absolute Gasteiger partial charge is 0.299 e. The summed E-state index contributed by atoms with van der Waals surface area (Å²) in [6.45, 7) is 0. The van der Waals surface area contributed by atoms with E-state index >= 15 is 0 Å². The van der Waals surface area contributed by atoms with Crippen LogP contribution in [0.1, 0.15) is 6.42 Å². The molecule has 5 saturated carbocycles. The molecule has 8 atom stereocenters. The molecule has 0 saturated heterocycles. The third-order valence-electron chi connectivity index (χ3n) is 6.05. The maximum absolute atomic E-state index is 13.9. The van der Waals surface area contributed by atoms with Crippen LogP contribution in [0.2, 0.25) is 0 Å². The van der Waals surface area contributed by atoms with Gasteiger partial charge in [0.25, 0.3) is 5.92 Å². The van der Waals surface area contributed by atoms with E-state index < -0.39 is 17.8 Å². The first-order chi connectivity index (χ1) is 6.64. The lowest BCUT2D eigenvalue weighted by atomic mass is 9.59. The van der Waals surface area contributed by atoms with Crippen molar-refractivity contribution in [3.05, 3.63) is 0 Å². The van der Waals surface area contributed by atoms with E-state index in [0.29, 0.717) is 11.8 Å². The van der Waals surface area contributed by atoms with Crippen LogP contribution < -0.4 is 0 Å². The van der Waals surface area contributed by atoms with Crippen molar-refractivity contribution in [1.82, 2.24) is 0 Å². The first-order valence-electron chi connectivity index (χ1n) is 5.55. The Morgan fingerprint density at radius 2 is 1.86 bits per heavy atom. The van der Waals surface area contributed by atoms with Crippen molar-refractivity contribution in [3.8, 4) is 0 Å². The van der Waals surface area contributed by atoms with Gasteiger partial charge in [-0.1, -0.05) is 0 Å². The van der Waals surface area contributed by atoms with Crippen molar-refractivity contribution < 1.29 is 13.6 Å². The molecule has 0 aromatic carbocycles.